The van der Waals surface area contributed by atoms with Crippen molar-refractivity contribution in [2.45, 2.75) is 0 Å². The summed E-state index contributed by atoms with van der Waals surface area (Å²) in [5, 5.41) is 5.01. The second kappa shape index (κ2) is 9.07. The second-order valence-electron chi connectivity index (χ2n) is 10.9. The van der Waals surface area contributed by atoms with Gasteiger partial charge in [-0.15, -0.1) is 0 Å². The van der Waals surface area contributed by atoms with E-state index in [0.29, 0.717) is 5.39 Å². The van der Waals surface area contributed by atoms with Crippen LogP contribution in [-0.4, -0.2) is 13.7 Å². The molecule has 0 spiro atoms. The van der Waals surface area contributed by atoms with Crippen molar-refractivity contribution in [1.29, 1.82) is 0 Å². The third-order valence-corrected chi connectivity index (χ3v) is 8.62. The van der Waals surface area contributed by atoms with E-state index in [1.807, 2.05) is 59.2 Å². The van der Waals surface area contributed by atoms with E-state index in [4.69, 9.17) is 0 Å². The number of rotatable bonds is 3. The fourth-order valence-electron chi connectivity index (χ4n) is 6.90. The van der Waals surface area contributed by atoms with Crippen molar-refractivity contribution in [1.82, 2.24) is 13.7 Å². The molecule has 0 radical (unpaired) electrons. The van der Waals surface area contributed by atoms with Crippen LogP contribution in [-0.2, 0) is 0 Å². The Labute approximate surface area is 246 Å². The fourth-order valence-corrected chi connectivity index (χ4v) is 6.90. The van der Waals surface area contributed by atoms with Gasteiger partial charge in [0.2, 0.25) is 0 Å². The van der Waals surface area contributed by atoms with Crippen molar-refractivity contribution in [3.8, 4) is 17.1 Å². The highest BCUT2D eigenvalue weighted by molar-refractivity contribution is 6.26. The summed E-state index contributed by atoms with van der Waals surface area (Å²) in [5.74, 6) is 0. The lowest BCUT2D eigenvalue weighted by atomic mass is 10.1. The fraction of sp³-hybridized carbons (Fsp3) is 0. The first kappa shape index (κ1) is 23.8. The van der Waals surface area contributed by atoms with Gasteiger partial charge in [-0.25, -0.2) is 0 Å². The molecule has 0 aliphatic carbocycles. The van der Waals surface area contributed by atoms with Gasteiger partial charge in [0, 0.05) is 38.6 Å². The van der Waals surface area contributed by atoms with E-state index in [2.05, 4.69) is 106 Å². The maximum absolute atomic E-state index is 14.8. The maximum Gasteiger partial charge on any atom is 0.265 e. The van der Waals surface area contributed by atoms with Crippen LogP contribution < -0.4 is 5.56 Å². The van der Waals surface area contributed by atoms with Crippen molar-refractivity contribution in [2.24, 2.45) is 0 Å². The highest BCUT2D eigenvalue weighted by Crippen LogP contribution is 2.42. The second-order valence-corrected chi connectivity index (χ2v) is 10.9. The van der Waals surface area contributed by atoms with Crippen LogP contribution in [0.25, 0.3) is 71.6 Å². The van der Waals surface area contributed by atoms with Crippen LogP contribution in [0, 0.1) is 0 Å². The summed E-state index contributed by atoms with van der Waals surface area (Å²) in [6.07, 6.45) is 0. The quantitative estimate of drug-likeness (QED) is 0.215. The van der Waals surface area contributed by atoms with Crippen LogP contribution in [0.4, 0.5) is 0 Å². The molecule has 4 heteroatoms. The molecule has 6 aromatic carbocycles. The Morgan fingerprint density at radius 2 is 0.767 bits per heavy atom. The average Bonchev–Trinajstić information content (AvgIpc) is 3.60. The number of benzene rings is 6. The number of hydrogen-bond acceptors (Lipinski definition) is 1. The molecule has 43 heavy (non-hydrogen) atoms. The van der Waals surface area contributed by atoms with Crippen LogP contribution in [0.5, 0.6) is 0 Å². The maximum atomic E-state index is 14.8. The van der Waals surface area contributed by atoms with E-state index in [9.17, 15) is 4.79 Å². The molecule has 3 heterocycles. The Bertz CT molecular complexity index is 2560. The van der Waals surface area contributed by atoms with Gasteiger partial charge in [-0.1, -0.05) is 103 Å². The van der Waals surface area contributed by atoms with Crippen molar-refractivity contribution >= 4 is 54.5 Å². The molecular weight excluding hydrogens is 526 g/mol. The topological polar surface area (TPSA) is 31.9 Å². The van der Waals surface area contributed by atoms with E-state index in [-0.39, 0.29) is 5.56 Å². The molecule has 202 valence electrons. The van der Waals surface area contributed by atoms with E-state index in [0.717, 1.165) is 60.8 Å². The smallest absolute Gasteiger partial charge is 0.265 e. The van der Waals surface area contributed by atoms with Gasteiger partial charge in [-0.2, -0.15) is 0 Å². The molecule has 0 bridgehead atoms. The minimum absolute atomic E-state index is 0.0266. The molecule has 0 amide bonds. The van der Waals surface area contributed by atoms with E-state index < -0.39 is 0 Å². The number of para-hydroxylation sites is 5. The van der Waals surface area contributed by atoms with Gasteiger partial charge in [-0.3, -0.25) is 9.36 Å². The van der Waals surface area contributed by atoms with Crippen LogP contribution in [0.3, 0.4) is 0 Å². The van der Waals surface area contributed by atoms with Crippen molar-refractivity contribution in [3.63, 3.8) is 0 Å². The number of aromatic nitrogens is 3. The molecule has 0 aliphatic heterocycles. The van der Waals surface area contributed by atoms with Crippen molar-refractivity contribution < 1.29 is 0 Å². The summed E-state index contributed by atoms with van der Waals surface area (Å²) in [6.45, 7) is 0. The van der Waals surface area contributed by atoms with Gasteiger partial charge in [0.05, 0.1) is 33.0 Å². The summed E-state index contributed by atoms with van der Waals surface area (Å²) in [4.78, 5) is 14.8. The molecular formula is C39H25N3O. The monoisotopic (exact) mass is 551 g/mol. The Morgan fingerprint density at radius 3 is 1.40 bits per heavy atom. The predicted octanol–water partition coefficient (Wildman–Crippen LogP) is 9.18. The lowest BCUT2D eigenvalue weighted by Gasteiger charge is -2.15. The largest absolute Gasteiger partial charge is 0.307 e. The Morgan fingerprint density at radius 1 is 0.326 bits per heavy atom. The number of fused-ring (bicyclic) bond motifs is 9. The first-order chi connectivity index (χ1) is 21.3. The standard InChI is InChI=1S/C39H25N3O/c43-39-35-32-25-24-30-29-20-10-12-22-33(29)40(26-14-4-1-5-15-26)37(30)38(32)42(28-18-8-3-9-19-28)36(35)31-21-11-13-23-34(31)41(39)27-16-6-2-7-17-27/h1-25H. The Balaban J connectivity index is 1.62. The van der Waals surface area contributed by atoms with E-state index in [1.165, 1.54) is 5.39 Å². The molecule has 0 saturated heterocycles. The van der Waals surface area contributed by atoms with Crippen LogP contribution in [0.1, 0.15) is 0 Å². The van der Waals surface area contributed by atoms with Gasteiger partial charge < -0.3 is 9.13 Å². The number of pyridine rings is 1. The first-order valence-corrected chi connectivity index (χ1v) is 14.5. The van der Waals surface area contributed by atoms with Crippen LogP contribution in [0.2, 0.25) is 0 Å². The summed E-state index contributed by atoms with van der Waals surface area (Å²) in [5.41, 5.74) is 7.96. The van der Waals surface area contributed by atoms with Gasteiger partial charge in [0.15, 0.2) is 0 Å². The van der Waals surface area contributed by atoms with Crippen molar-refractivity contribution in [2.75, 3.05) is 0 Å². The molecule has 0 unspecified atom stereocenters. The van der Waals surface area contributed by atoms with Gasteiger partial charge in [-0.05, 0) is 48.5 Å². The SMILES string of the molecule is O=c1c2c3ccc4c5ccccc5n(-c5ccccc5)c4c3n(-c3ccccc3)c2c2ccccc2n1-c1ccccc1. The highest BCUT2D eigenvalue weighted by Gasteiger charge is 2.25. The molecule has 4 nitrogen and oxygen atoms in total. The molecule has 0 aliphatic rings. The zero-order chi connectivity index (χ0) is 28.5. The minimum atomic E-state index is -0.0266. The third kappa shape index (κ3) is 3.29. The number of nitrogens with zero attached hydrogens (tertiary/aromatic N) is 3. The lowest BCUT2D eigenvalue weighted by Crippen LogP contribution is -2.19. The molecule has 0 N–H and O–H groups in total. The molecule has 0 atom stereocenters. The lowest BCUT2D eigenvalue weighted by molar-refractivity contribution is 1.06. The molecule has 0 fully saturated rings. The van der Waals surface area contributed by atoms with Crippen molar-refractivity contribution in [3.05, 3.63) is 162 Å². The first-order valence-electron chi connectivity index (χ1n) is 14.5. The van der Waals surface area contributed by atoms with Gasteiger partial charge in [0.25, 0.3) is 5.56 Å². The third-order valence-electron chi connectivity index (χ3n) is 8.62. The highest BCUT2D eigenvalue weighted by atomic mass is 16.1. The van der Waals surface area contributed by atoms with Crippen LogP contribution in [0.15, 0.2) is 156 Å². The zero-order valence-electron chi connectivity index (χ0n) is 23.2. The normalized spacial score (nSPS) is 11.8. The van der Waals surface area contributed by atoms with Gasteiger partial charge in [0.1, 0.15) is 0 Å². The molecule has 3 aromatic heterocycles. The van der Waals surface area contributed by atoms with E-state index >= 15 is 0 Å². The summed E-state index contributed by atoms with van der Waals surface area (Å²) in [6, 6.07) is 52.0. The molecule has 9 rings (SSSR count). The Hall–Kier alpha value is -5.87. The minimum Gasteiger partial charge on any atom is -0.307 e. The predicted molar refractivity (Wildman–Crippen MR) is 178 cm³/mol. The summed E-state index contributed by atoms with van der Waals surface area (Å²) >= 11 is 0. The average molecular weight is 552 g/mol. The zero-order valence-corrected chi connectivity index (χ0v) is 23.2. The van der Waals surface area contributed by atoms with Crippen LogP contribution >= 0.6 is 0 Å². The Kier molecular flexibility index (Phi) is 5.02. The van der Waals surface area contributed by atoms with E-state index in [1.54, 1.807) is 0 Å². The van der Waals surface area contributed by atoms with Gasteiger partial charge >= 0.3 is 0 Å². The number of hydrogen-bond donors (Lipinski definition) is 0. The molecule has 9 aromatic rings. The summed E-state index contributed by atoms with van der Waals surface area (Å²) in [7, 11) is 0. The summed E-state index contributed by atoms with van der Waals surface area (Å²) < 4.78 is 6.52. The molecule has 0 saturated carbocycles.